The molecule has 170 valence electrons. The van der Waals surface area contributed by atoms with Crippen LogP contribution in [0.5, 0.6) is 0 Å². The van der Waals surface area contributed by atoms with Crippen LogP contribution < -0.4 is 8.26 Å². The molecular weight excluding hydrogens is 531 g/mol. The number of benzene rings is 2. The second kappa shape index (κ2) is 11.3. The summed E-state index contributed by atoms with van der Waals surface area (Å²) in [7, 11) is -1.75. The Morgan fingerprint density at radius 1 is 0.839 bits per heavy atom. The van der Waals surface area contributed by atoms with E-state index in [0.717, 1.165) is 38.7 Å². The molecule has 1 unspecified atom stereocenters. The van der Waals surface area contributed by atoms with Crippen molar-refractivity contribution < 1.29 is 8.42 Å². The molecule has 0 aromatic heterocycles. The van der Waals surface area contributed by atoms with Crippen molar-refractivity contribution in [2.24, 2.45) is 0 Å². The Balaban J connectivity index is 1.98. The molecule has 2 N–H and O–H groups in total. The molecule has 1 atom stereocenters. The first-order valence-corrected chi connectivity index (χ1v) is 22.7. The SMILES string of the molecule is CCCCCCC[CH2][Sn]1([CH2]CCC)[S]c2ccccc2[N]1S(=O)(=O)c1ccccc1N. The monoisotopic (exact) mass is 568 g/mol. The van der Waals surface area contributed by atoms with Gasteiger partial charge in [0.05, 0.1) is 0 Å². The molecule has 2 aromatic carbocycles. The summed E-state index contributed by atoms with van der Waals surface area (Å²) in [5.41, 5.74) is 7.38. The van der Waals surface area contributed by atoms with Gasteiger partial charge in [0.1, 0.15) is 0 Å². The van der Waals surface area contributed by atoms with Gasteiger partial charge in [-0.1, -0.05) is 0 Å². The number of anilines is 2. The molecule has 0 fully saturated rings. The quantitative estimate of drug-likeness (QED) is 0.168. The summed E-state index contributed by atoms with van der Waals surface area (Å²) in [4.78, 5) is 1.39. The fourth-order valence-electron chi connectivity index (χ4n) is 4.40. The van der Waals surface area contributed by atoms with E-state index in [4.69, 9.17) is 5.73 Å². The van der Waals surface area contributed by atoms with Crippen LogP contribution in [0.25, 0.3) is 0 Å². The Morgan fingerprint density at radius 3 is 2.19 bits per heavy atom. The summed E-state index contributed by atoms with van der Waals surface area (Å²) in [6, 6.07) is 15.0. The number of unbranched alkanes of at least 4 members (excludes halogenated alkanes) is 6. The van der Waals surface area contributed by atoms with Crippen LogP contribution in [0.1, 0.15) is 65.2 Å². The number of nitrogens with zero attached hydrogens (tertiary/aromatic N) is 1. The number of fused-ring (bicyclic) bond motifs is 1. The first-order valence-electron chi connectivity index (χ1n) is 11.6. The third-order valence-electron chi connectivity index (χ3n) is 6.03. The predicted octanol–water partition coefficient (Wildman–Crippen LogP) is 7.17. The van der Waals surface area contributed by atoms with E-state index < -0.39 is 27.3 Å². The summed E-state index contributed by atoms with van der Waals surface area (Å²) >= 11 is -3.36. The van der Waals surface area contributed by atoms with Crippen LogP contribution in [0, 0.1) is 0 Å². The molecule has 0 bridgehead atoms. The molecule has 0 radical (unpaired) electrons. The van der Waals surface area contributed by atoms with Crippen LogP contribution >= 0.6 is 8.95 Å². The Bertz CT molecular complexity index is 968. The molecule has 3 rings (SSSR count). The maximum absolute atomic E-state index is 14.1. The van der Waals surface area contributed by atoms with Gasteiger partial charge < -0.3 is 0 Å². The van der Waals surface area contributed by atoms with Gasteiger partial charge in [0, 0.05) is 0 Å². The summed E-state index contributed by atoms with van der Waals surface area (Å²) in [6.07, 6.45) is 9.57. The number of rotatable bonds is 12. The van der Waals surface area contributed by atoms with Crippen molar-refractivity contribution in [1.82, 2.24) is 0 Å². The first-order chi connectivity index (χ1) is 15.0. The molecule has 1 heterocycles. The van der Waals surface area contributed by atoms with E-state index in [1.165, 1.54) is 32.1 Å². The standard InChI is InChI=1S/C12H11N2O2S2.C8H17.C4H9.Sn/c13-9-5-1-4-8-12(9)18(15,16)14-10-6-2-3-7-11(10)17;1-3-5-7-8-6-4-2;1-3-4-2;/h1-8,17H,13H2;1,3-8H2,2H3;1,3-4H2,2H3;/q-1;;;+2/p-1. The van der Waals surface area contributed by atoms with Crippen LogP contribution in [-0.2, 0) is 10.0 Å². The Hall–Kier alpha value is -0.861. The van der Waals surface area contributed by atoms with Crippen LogP contribution in [0.4, 0.5) is 11.4 Å². The van der Waals surface area contributed by atoms with E-state index >= 15 is 0 Å². The molecular formula is C24H36N2O2S2Sn. The van der Waals surface area contributed by atoms with Gasteiger partial charge in [-0.15, -0.1) is 0 Å². The van der Waals surface area contributed by atoms with Crippen LogP contribution in [0.15, 0.2) is 58.3 Å². The molecule has 4 nitrogen and oxygen atoms in total. The molecule has 0 spiro atoms. The Kier molecular flexibility index (Phi) is 9.05. The van der Waals surface area contributed by atoms with Crippen molar-refractivity contribution in [1.29, 1.82) is 0 Å². The minimum absolute atomic E-state index is 0.257. The normalized spacial score (nSPS) is 18.3. The maximum atomic E-state index is 14.1. The van der Waals surface area contributed by atoms with E-state index in [9.17, 15) is 8.42 Å². The van der Waals surface area contributed by atoms with Gasteiger partial charge in [0.2, 0.25) is 0 Å². The molecule has 0 saturated heterocycles. The van der Waals surface area contributed by atoms with Crippen molar-refractivity contribution in [3.05, 3.63) is 48.5 Å². The first kappa shape index (κ1) is 24.8. The van der Waals surface area contributed by atoms with Crippen LogP contribution in [0.3, 0.4) is 0 Å². The number of hydrogen-bond donors (Lipinski definition) is 1. The van der Waals surface area contributed by atoms with Crippen LogP contribution in [0.2, 0.25) is 8.87 Å². The van der Waals surface area contributed by atoms with Gasteiger partial charge >= 0.3 is 197 Å². The zero-order chi connectivity index (χ0) is 22.3. The number of sulfonamides is 1. The molecule has 7 heteroatoms. The second-order valence-electron chi connectivity index (χ2n) is 8.44. The third-order valence-corrected chi connectivity index (χ3v) is 32.1. The van der Waals surface area contributed by atoms with E-state index in [1.807, 2.05) is 29.7 Å². The molecule has 0 saturated carbocycles. The van der Waals surface area contributed by atoms with Crippen molar-refractivity contribution >= 4 is 47.6 Å². The van der Waals surface area contributed by atoms with Gasteiger partial charge in [-0.2, -0.15) is 0 Å². The topological polar surface area (TPSA) is 63.4 Å². The van der Waals surface area contributed by atoms with E-state index in [1.54, 1.807) is 24.3 Å². The third kappa shape index (κ3) is 5.56. The van der Waals surface area contributed by atoms with Gasteiger partial charge in [0.15, 0.2) is 0 Å². The van der Waals surface area contributed by atoms with Gasteiger partial charge in [-0.3, -0.25) is 0 Å². The fourth-order valence-corrected chi connectivity index (χ4v) is 34.6. The number of hydrogen-bond acceptors (Lipinski definition) is 4. The van der Waals surface area contributed by atoms with Gasteiger partial charge in [-0.05, 0) is 0 Å². The molecule has 0 aliphatic carbocycles. The Labute approximate surface area is 195 Å². The van der Waals surface area contributed by atoms with E-state index in [2.05, 4.69) is 19.9 Å². The fraction of sp³-hybridized carbons (Fsp3) is 0.500. The minimum atomic E-state index is -3.69. The predicted molar refractivity (Wildman–Crippen MR) is 136 cm³/mol. The Morgan fingerprint density at radius 2 is 1.45 bits per heavy atom. The van der Waals surface area contributed by atoms with Crippen molar-refractivity contribution in [2.75, 3.05) is 8.26 Å². The zero-order valence-electron chi connectivity index (χ0n) is 18.8. The molecule has 31 heavy (non-hydrogen) atoms. The van der Waals surface area contributed by atoms with E-state index in [-0.39, 0.29) is 4.90 Å². The average Bonchev–Trinajstić information content (AvgIpc) is 3.10. The van der Waals surface area contributed by atoms with Gasteiger partial charge in [-0.25, -0.2) is 0 Å². The number of nitrogen functional groups attached to an aromatic ring is 1. The molecule has 0 amide bonds. The van der Waals surface area contributed by atoms with Crippen molar-refractivity contribution in [3.63, 3.8) is 0 Å². The summed E-state index contributed by atoms with van der Waals surface area (Å²) in [5, 5.41) is 0. The summed E-state index contributed by atoms with van der Waals surface area (Å²) < 4.78 is 32.1. The molecule has 2 aromatic rings. The summed E-state index contributed by atoms with van der Waals surface area (Å²) in [5.74, 6) is 0. The van der Waals surface area contributed by atoms with Crippen LogP contribution in [-0.4, -0.2) is 25.7 Å². The zero-order valence-corrected chi connectivity index (χ0v) is 23.3. The second-order valence-corrected chi connectivity index (χ2v) is 28.1. The molecule has 1 aliphatic heterocycles. The van der Waals surface area contributed by atoms with Crippen molar-refractivity contribution in [2.45, 2.75) is 83.9 Å². The number of nitrogens with two attached hydrogens (primary N) is 1. The molecule has 1 aliphatic rings. The van der Waals surface area contributed by atoms with E-state index in [0.29, 0.717) is 5.69 Å². The van der Waals surface area contributed by atoms with Crippen molar-refractivity contribution in [3.8, 4) is 0 Å². The number of para-hydroxylation sites is 2. The summed E-state index contributed by atoms with van der Waals surface area (Å²) in [6.45, 7) is 4.44. The average molecular weight is 567 g/mol. The van der Waals surface area contributed by atoms with Gasteiger partial charge in [0.25, 0.3) is 0 Å².